The third-order valence-corrected chi connectivity index (χ3v) is 4.79. The molecule has 1 amide bonds. The monoisotopic (exact) mass is 459 g/mol. The van der Waals surface area contributed by atoms with Crippen LogP contribution in [0, 0.1) is 6.92 Å². The van der Waals surface area contributed by atoms with Crippen molar-refractivity contribution < 1.29 is 4.79 Å². The van der Waals surface area contributed by atoms with Crippen molar-refractivity contribution in [2.24, 2.45) is 0 Å². The van der Waals surface area contributed by atoms with Gasteiger partial charge in [-0.15, -0.1) is 0 Å². The van der Waals surface area contributed by atoms with E-state index in [0.717, 1.165) is 21.2 Å². The maximum atomic E-state index is 12.6. The fraction of sp³-hybridized carbons (Fsp3) is 0.0455. The van der Waals surface area contributed by atoms with Gasteiger partial charge in [0.1, 0.15) is 0 Å². The Morgan fingerprint density at radius 3 is 2.19 bits per heavy atom. The molecule has 0 aliphatic rings. The number of carbonyl (C=O) groups is 1. The van der Waals surface area contributed by atoms with Gasteiger partial charge in [-0.05, 0) is 66.1 Å². The van der Waals surface area contributed by atoms with Crippen LogP contribution in [0.1, 0.15) is 27.0 Å². The van der Waals surface area contributed by atoms with Gasteiger partial charge in [0.2, 0.25) is 0 Å². The molecule has 0 spiro atoms. The van der Waals surface area contributed by atoms with E-state index in [2.05, 4.69) is 21.2 Å². The minimum atomic E-state index is -0.213. The quantitative estimate of drug-likeness (QED) is 0.401. The summed E-state index contributed by atoms with van der Waals surface area (Å²) in [6.07, 6.45) is 4.00. The summed E-state index contributed by atoms with van der Waals surface area (Å²) >= 11 is 15.4. The smallest absolute Gasteiger partial charge is 0.255 e. The van der Waals surface area contributed by atoms with E-state index >= 15 is 0 Å². The van der Waals surface area contributed by atoms with Crippen LogP contribution in [-0.4, -0.2) is 5.91 Å². The topological polar surface area (TPSA) is 29.1 Å². The van der Waals surface area contributed by atoms with Gasteiger partial charge in [0, 0.05) is 25.8 Å². The van der Waals surface area contributed by atoms with Crippen LogP contribution in [0.4, 0.5) is 5.69 Å². The van der Waals surface area contributed by atoms with E-state index in [1.807, 2.05) is 61.5 Å². The zero-order valence-electron chi connectivity index (χ0n) is 14.5. The second kappa shape index (κ2) is 8.75. The molecule has 0 saturated heterocycles. The van der Waals surface area contributed by atoms with E-state index in [4.69, 9.17) is 23.2 Å². The molecule has 0 bridgehead atoms. The van der Waals surface area contributed by atoms with Crippen LogP contribution >= 0.6 is 39.1 Å². The Balaban J connectivity index is 1.81. The van der Waals surface area contributed by atoms with E-state index in [0.29, 0.717) is 21.3 Å². The molecule has 0 atom stereocenters. The Morgan fingerprint density at radius 2 is 1.52 bits per heavy atom. The largest absolute Gasteiger partial charge is 0.322 e. The highest BCUT2D eigenvalue weighted by atomic mass is 79.9. The van der Waals surface area contributed by atoms with Gasteiger partial charge in [0.15, 0.2) is 0 Å². The summed E-state index contributed by atoms with van der Waals surface area (Å²) < 4.78 is 1.04. The first-order valence-corrected chi connectivity index (χ1v) is 9.77. The first-order chi connectivity index (χ1) is 12.9. The van der Waals surface area contributed by atoms with Gasteiger partial charge >= 0.3 is 0 Å². The van der Waals surface area contributed by atoms with E-state index < -0.39 is 0 Å². The van der Waals surface area contributed by atoms with Crippen molar-refractivity contribution in [2.45, 2.75) is 6.92 Å². The number of halogens is 3. The van der Waals surface area contributed by atoms with Gasteiger partial charge in [-0.1, -0.05) is 69.5 Å². The van der Waals surface area contributed by atoms with Crippen molar-refractivity contribution in [1.82, 2.24) is 0 Å². The van der Waals surface area contributed by atoms with Crippen LogP contribution < -0.4 is 5.32 Å². The lowest BCUT2D eigenvalue weighted by molar-refractivity contribution is 0.102. The highest BCUT2D eigenvalue weighted by Gasteiger charge is 2.09. The van der Waals surface area contributed by atoms with Gasteiger partial charge in [0.05, 0.1) is 0 Å². The number of hydrogen-bond acceptors (Lipinski definition) is 1. The molecule has 3 aromatic rings. The summed E-state index contributed by atoms with van der Waals surface area (Å²) in [5.41, 5.74) is 4.17. The molecule has 2 nitrogen and oxygen atoms in total. The van der Waals surface area contributed by atoms with Crippen LogP contribution in [0.15, 0.2) is 65.1 Å². The fourth-order valence-electron chi connectivity index (χ4n) is 2.64. The zero-order valence-corrected chi connectivity index (χ0v) is 17.6. The Morgan fingerprint density at radius 1 is 0.889 bits per heavy atom. The van der Waals surface area contributed by atoms with E-state index in [1.54, 1.807) is 18.2 Å². The summed E-state index contributed by atoms with van der Waals surface area (Å²) in [6, 6.07) is 18.7. The molecule has 27 heavy (non-hydrogen) atoms. The SMILES string of the molecule is Cc1cc(/C=C/c2ccc(Br)cc2)cc(C(=O)Nc2cc(Cl)cc(Cl)c2)c1. The Bertz CT molecular complexity index is 993. The number of rotatable bonds is 4. The number of benzene rings is 3. The third-order valence-electron chi connectivity index (χ3n) is 3.82. The lowest BCUT2D eigenvalue weighted by Gasteiger charge is -2.08. The van der Waals surface area contributed by atoms with Crippen molar-refractivity contribution in [2.75, 3.05) is 5.32 Å². The number of hydrogen-bond donors (Lipinski definition) is 1. The van der Waals surface area contributed by atoms with Crippen LogP contribution in [0.25, 0.3) is 12.2 Å². The maximum Gasteiger partial charge on any atom is 0.255 e. The number of nitrogens with one attached hydrogen (secondary N) is 1. The summed E-state index contributed by atoms with van der Waals surface area (Å²) in [5.74, 6) is -0.213. The molecule has 1 N–H and O–H groups in total. The number of carbonyl (C=O) groups excluding carboxylic acids is 1. The Kier molecular flexibility index (Phi) is 6.38. The van der Waals surface area contributed by atoms with Crippen LogP contribution in [-0.2, 0) is 0 Å². The lowest BCUT2D eigenvalue weighted by atomic mass is 10.0. The van der Waals surface area contributed by atoms with Gasteiger partial charge in [0.25, 0.3) is 5.91 Å². The molecule has 0 unspecified atom stereocenters. The molecule has 0 heterocycles. The molecule has 0 aromatic heterocycles. The van der Waals surface area contributed by atoms with Gasteiger partial charge in [-0.3, -0.25) is 4.79 Å². The normalized spacial score (nSPS) is 11.0. The minimum absolute atomic E-state index is 0.213. The van der Waals surface area contributed by atoms with Crippen LogP contribution in [0.5, 0.6) is 0 Å². The predicted molar refractivity (Wildman–Crippen MR) is 119 cm³/mol. The van der Waals surface area contributed by atoms with Crippen molar-refractivity contribution in [3.05, 3.63) is 97.4 Å². The standard InChI is InChI=1S/C22H16BrCl2NO/c1-14-8-16(3-2-15-4-6-18(23)7-5-15)10-17(9-14)22(27)26-21-12-19(24)11-20(25)13-21/h2-13H,1H3,(H,26,27)/b3-2+. The number of aryl methyl sites for hydroxylation is 1. The number of anilines is 1. The first-order valence-electron chi connectivity index (χ1n) is 8.22. The Labute approximate surface area is 177 Å². The predicted octanol–water partition coefficient (Wildman–Crippen LogP) is 7.49. The average molecular weight is 461 g/mol. The summed E-state index contributed by atoms with van der Waals surface area (Å²) in [5, 5.41) is 3.78. The van der Waals surface area contributed by atoms with Crippen molar-refractivity contribution in [3.63, 3.8) is 0 Å². The summed E-state index contributed by atoms with van der Waals surface area (Å²) in [4.78, 5) is 12.6. The number of amides is 1. The summed E-state index contributed by atoms with van der Waals surface area (Å²) in [7, 11) is 0. The van der Waals surface area contributed by atoms with Crippen molar-refractivity contribution in [3.8, 4) is 0 Å². The van der Waals surface area contributed by atoms with E-state index in [1.165, 1.54) is 0 Å². The molecule has 136 valence electrons. The average Bonchev–Trinajstić information content (AvgIpc) is 2.60. The van der Waals surface area contributed by atoms with Gasteiger partial charge < -0.3 is 5.32 Å². The van der Waals surface area contributed by atoms with Gasteiger partial charge in [-0.2, -0.15) is 0 Å². The highest BCUT2D eigenvalue weighted by molar-refractivity contribution is 9.10. The zero-order chi connectivity index (χ0) is 19.4. The van der Waals surface area contributed by atoms with Gasteiger partial charge in [-0.25, -0.2) is 0 Å². The van der Waals surface area contributed by atoms with E-state index in [-0.39, 0.29) is 5.91 Å². The molecular formula is C22H16BrCl2NO. The molecule has 0 fully saturated rings. The second-order valence-electron chi connectivity index (χ2n) is 6.13. The van der Waals surface area contributed by atoms with Crippen LogP contribution in [0.3, 0.4) is 0 Å². The Hall–Kier alpha value is -2.07. The van der Waals surface area contributed by atoms with Crippen molar-refractivity contribution in [1.29, 1.82) is 0 Å². The molecule has 3 aromatic carbocycles. The third kappa shape index (κ3) is 5.70. The van der Waals surface area contributed by atoms with Crippen molar-refractivity contribution >= 4 is 62.9 Å². The minimum Gasteiger partial charge on any atom is -0.322 e. The molecule has 0 saturated carbocycles. The summed E-state index contributed by atoms with van der Waals surface area (Å²) in [6.45, 7) is 1.96. The van der Waals surface area contributed by atoms with E-state index in [9.17, 15) is 4.79 Å². The molecule has 0 aliphatic carbocycles. The molecule has 0 aliphatic heterocycles. The molecule has 5 heteroatoms. The van der Waals surface area contributed by atoms with Crippen LogP contribution in [0.2, 0.25) is 10.0 Å². The molecule has 0 radical (unpaired) electrons. The molecular weight excluding hydrogens is 445 g/mol. The second-order valence-corrected chi connectivity index (χ2v) is 7.92. The lowest BCUT2D eigenvalue weighted by Crippen LogP contribution is -2.12. The maximum absolute atomic E-state index is 12.6. The molecule has 3 rings (SSSR count). The first kappa shape index (κ1) is 19.7. The fourth-order valence-corrected chi connectivity index (χ4v) is 3.43. The highest BCUT2D eigenvalue weighted by Crippen LogP contribution is 2.23.